The molecule has 0 atom stereocenters. The van der Waals surface area contributed by atoms with Crippen LogP contribution in [0.3, 0.4) is 0 Å². The van der Waals surface area contributed by atoms with Crippen molar-refractivity contribution >= 4 is 34.3 Å². The Bertz CT molecular complexity index is 1020. The lowest BCUT2D eigenvalue weighted by atomic mass is 9.95. The largest absolute Gasteiger partial charge is 0.493 e. The van der Waals surface area contributed by atoms with E-state index < -0.39 is 5.97 Å². The van der Waals surface area contributed by atoms with Crippen molar-refractivity contribution in [2.75, 3.05) is 26.1 Å². The number of anilines is 1. The number of hydrogen-bond donors (Lipinski definition) is 1. The second-order valence-electron chi connectivity index (χ2n) is 6.59. The van der Waals surface area contributed by atoms with Gasteiger partial charge in [-0.3, -0.25) is 4.79 Å². The molecule has 1 aliphatic rings. The van der Waals surface area contributed by atoms with Crippen LogP contribution in [-0.4, -0.2) is 32.7 Å². The number of methoxy groups -OCH3 is 2. The highest BCUT2D eigenvalue weighted by atomic mass is 32.1. The van der Waals surface area contributed by atoms with Crippen LogP contribution in [0.15, 0.2) is 24.3 Å². The third kappa shape index (κ3) is 4.81. The van der Waals surface area contributed by atoms with Crippen LogP contribution < -0.4 is 14.8 Å². The van der Waals surface area contributed by atoms with Gasteiger partial charge in [0.1, 0.15) is 11.1 Å². The van der Waals surface area contributed by atoms with Gasteiger partial charge in [0.05, 0.1) is 19.8 Å². The maximum absolute atomic E-state index is 12.5. The molecular weight excluding hydrogens is 404 g/mol. The van der Waals surface area contributed by atoms with E-state index in [4.69, 9.17) is 19.5 Å². The van der Waals surface area contributed by atoms with Crippen LogP contribution in [0.5, 0.6) is 11.5 Å². The monoisotopic (exact) mass is 426 g/mol. The van der Waals surface area contributed by atoms with Crippen LogP contribution in [0.25, 0.3) is 6.08 Å². The molecule has 0 aliphatic heterocycles. The number of esters is 1. The van der Waals surface area contributed by atoms with Crippen molar-refractivity contribution in [3.63, 3.8) is 0 Å². The molecule has 8 heteroatoms. The third-order valence-electron chi connectivity index (χ3n) is 4.70. The summed E-state index contributed by atoms with van der Waals surface area (Å²) in [5.74, 6) is 0.146. The summed E-state index contributed by atoms with van der Waals surface area (Å²) in [7, 11) is 2.85. The van der Waals surface area contributed by atoms with Crippen molar-refractivity contribution in [1.82, 2.24) is 0 Å². The zero-order chi connectivity index (χ0) is 21.5. The van der Waals surface area contributed by atoms with Gasteiger partial charge in [-0.25, -0.2) is 4.79 Å². The van der Waals surface area contributed by atoms with Crippen LogP contribution in [0, 0.1) is 11.3 Å². The minimum Gasteiger partial charge on any atom is -0.493 e. The lowest BCUT2D eigenvalue weighted by molar-refractivity contribution is -0.111. The Labute approximate surface area is 178 Å². The molecule has 1 aromatic heterocycles. The predicted octanol–water partition coefficient (Wildman–Crippen LogP) is 3.98. The Hall–Kier alpha value is -3.31. The number of nitrogens with zero attached hydrogens (tertiary/aromatic N) is 1. The van der Waals surface area contributed by atoms with E-state index in [-0.39, 0.29) is 12.5 Å². The maximum Gasteiger partial charge on any atom is 0.341 e. The molecule has 0 saturated carbocycles. The molecule has 0 bridgehead atoms. The van der Waals surface area contributed by atoms with Crippen molar-refractivity contribution in [2.45, 2.75) is 25.7 Å². The van der Waals surface area contributed by atoms with Crippen molar-refractivity contribution in [3.8, 4) is 17.6 Å². The standard InChI is InChI=1S/C22H22N2O5S/c1-27-17-13-14(7-9-16(17)29-12-11-23)8-10-19(25)24-21-20(22(26)28-2)15-5-3-4-6-18(15)30-21/h7-10,13H,3-6,12H2,1-2H3,(H,24,25)/b10-8+. The number of carbonyl (C=O) groups excluding carboxylic acids is 2. The molecule has 0 saturated heterocycles. The highest BCUT2D eigenvalue weighted by Crippen LogP contribution is 2.38. The Morgan fingerprint density at radius 1 is 1.23 bits per heavy atom. The van der Waals surface area contributed by atoms with E-state index in [9.17, 15) is 9.59 Å². The predicted molar refractivity (Wildman–Crippen MR) is 114 cm³/mol. The Balaban J connectivity index is 1.76. The fraction of sp³-hybridized carbons (Fsp3) is 0.318. The van der Waals surface area contributed by atoms with E-state index in [0.29, 0.717) is 22.1 Å². The van der Waals surface area contributed by atoms with E-state index in [0.717, 1.165) is 41.7 Å². The van der Waals surface area contributed by atoms with Crippen molar-refractivity contribution in [3.05, 3.63) is 45.8 Å². The zero-order valence-electron chi connectivity index (χ0n) is 16.8. The average Bonchev–Trinajstić information content (AvgIpc) is 3.13. The zero-order valence-corrected chi connectivity index (χ0v) is 17.6. The number of amides is 1. The van der Waals surface area contributed by atoms with Gasteiger partial charge in [-0.15, -0.1) is 11.3 Å². The van der Waals surface area contributed by atoms with Crippen molar-refractivity contribution in [2.24, 2.45) is 0 Å². The number of nitrogens with one attached hydrogen (secondary N) is 1. The fourth-order valence-electron chi connectivity index (χ4n) is 3.31. The van der Waals surface area contributed by atoms with E-state index in [1.54, 1.807) is 24.3 Å². The summed E-state index contributed by atoms with van der Waals surface area (Å²) in [4.78, 5) is 25.9. The molecule has 7 nitrogen and oxygen atoms in total. The van der Waals surface area contributed by atoms with Gasteiger partial charge in [-0.05, 0) is 55.0 Å². The summed E-state index contributed by atoms with van der Waals surface area (Å²) >= 11 is 1.44. The first-order valence-corrected chi connectivity index (χ1v) is 10.3. The molecule has 1 aromatic carbocycles. The van der Waals surface area contributed by atoms with Crippen molar-refractivity contribution in [1.29, 1.82) is 5.26 Å². The number of ether oxygens (including phenoxy) is 3. The van der Waals surface area contributed by atoms with Gasteiger partial charge in [0.15, 0.2) is 18.1 Å². The fourth-order valence-corrected chi connectivity index (χ4v) is 4.59. The average molecular weight is 426 g/mol. The summed E-state index contributed by atoms with van der Waals surface area (Å²) in [6.45, 7) is -0.0821. The lowest BCUT2D eigenvalue weighted by Gasteiger charge is -2.11. The summed E-state index contributed by atoms with van der Waals surface area (Å²) in [6.07, 6.45) is 6.87. The molecule has 1 amide bonds. The van der Waals surface area contributed by atoms with E-state index in [2.05, 4.69) is 5.32 Å². The first-order chi connectivity index (χ1) is 14.6. The van der Waals surface area contributed by atoms with Crippen LogP contribution in [0.2, 0.25) is 0 Å². The molecule has 0 unspecified atom stereocenters. The van der Waals surface area contributed by atoms with Crippen LogP contribution in [0.4, 0.5) is 5.00 Å². The number of carbonyl (C=O) groups is 2. The van der Waals surface area contributed by atoms with E-state index >= 15 is 0 Å². The maximum atomic E-state index is 12.5. The second kappa shape index (κ2) is 9.94. The molecule has 1 heterocycles. The molecule has 0 fully saturated rings. The molecule has 2 aromatic rings. The van der Waals surface area contributed by atoms with Gasteiger partial charge < -0.3 is 19.5 Å². The van der Waals surface area contributed by atoms with Gasteiger partial charge in [-0.2, -0.15) is 5.26 Å². The first-order valence-electron chi connectivity index (χ1n) is 9.47. The molecule has 30 heavy (non-hydrogen) atoms. The number of benzene rings is 1. The molecule has 1 N–H and O–H groups in total. The first kappa shape index (κ1) is 21.4. The Morgan fingerprint density at radius 3 is 2.77 bits per heavy atom. The number of hydrogen-bond acceptors (Lipinski definition) is 7. The number of rotatable bonds is 7. The highest BCUT2D eigenvalue weighted by molar-refractivity contribution is 7.17. The van der Waals surface area contributed by atoms with Gasteiger partial charge in [0.2, 0.25) is 5.91 Å². The SMILES string of the molecule is COC(=O)c1c(NC(=O)/C=C/c2ccc(OCC#N)c(OC)c2)sc2c1CCCC2. The summed E-state index contributed by atoms with van der Waals surface area (Å²) in [5, 5.41) is 12.0. The molecule has 0 spiro atoms. The second-order valence-corrected chi connectivity index (χ2v) is 7.69. The third-order valence-corrected chi connectivity index (χ3v) is 5.91. The summed E-state index contributed by atoms with van der Waals surface area (Å²) < 4.78 is 15.5. The molecule has 0 radical (unpaired) electrons. The smallest absolute Gasteiger partial charge is 0.341 e. The van der Waals surface area contributed by atoms with Crippen LogP contribution >= 0.6 is 11.3 Å². The summed E-state index contributed by atoms with van der Waals surface area (Å²) in [5.41, 5.74) is 2.19. The van der Waals surface area contributed by atoms with Crippen molar-refractivity contribution < 1.29 is 23.8 Å². The normalized spacial score (nSPS) is 12.7. The molecular formula is C22H22N2O5S. The van der Waals surface area contributed by atoms with Crippen LogP contribution in [0.1, 0.15) is 39.2 Å². The molecule has 156 valence electrons. The van der Waals surface area contributed by atoms with Gasteiger partial charge in [-0.1, -0.05) is 6.07 Å². The quantitative estimate of drug-likeness (QED) is 0.531. The molecule has 3 rings (SSSR count). The molecule has 1 aliphatic carbocycles. The number of thiophene rings is 1. The highest BCUT2D eigenvalue weighted by Gasteiger charge is 2.26. The minimum atomic E-state index is -0.425. The number of aryl methyl sites for hydroxylation is 1. The van der Waals surface area contributed by atoms with Crippen LogP contribution in [-0.2, 0) is 22.4 Å². The minimum absolute atomic E-state index is 0.0821. The summed E-state index contributed by atoms with van der Waals surface area (Å²) in [6, 6.07) is 7.04. The van der Waals surface area contributed by atoms with Gasteiger partial charge >= 0.3 is 5.97 Å². The van der Waals surface area contributed by atoms with E-state index in [1.807, 2.05) is 6.07 Å². The Kier molecular flexibility index (Phi) is 7.09. The van der Waals surface area contributed by atoms with Gasteiger partial charge in [0, 0.05) is 11.0 Å². The Morgan fingerprint density at radius 2 is 2.03 bits per heavy atom. The number of fused-ring (bicyclic) bond motifs is 1. The van der Waals surface area contributed by atoms with E-state index in [1.165, 1.54) is 31.6 Å². The van der Waals surface area contributed by atoms with Gasteiger partial charge in [0.25, 0.3) is 0 Å². The topological polar surface area (TPSA) is 97.6 Å². The number of nitriles is 1. The lowest BCUT2D eigenvalue weighted by Crippen LogP contribution is -2.13.